The van der Waals surface area contributed by atoms with Crippen molar-refractivity contribution in [1.82, 2.24) is 9.80 Å². The molecule has 0 rings (SSSR count). The highest BCUT2D eigenvalue weighted by molar-refractivity contribution is 4.75. The second-order valence-electron chi connectivity index (χ2n) is 11.9. The van der Waals surface area contributed by atoms with E-state index >= 15 is 0 Å². The van der Waals surface area contributed by atoms with E-state index in [1.165, 1.54) is 187 Å². The summed E-state index contributed by atoms with van der Waals surface area (Å²) in [4.78, 5) is 5.47. The van der Waals surface area contributed by atoms with Gasteiger partial charge in [0.1, 0.15) is 0 Å². The van der Waals surface area contributed by atoms with Crippen molar-refractivity contribution in [2.24, 2.45) is 0 Å². The first-order valence-corrected chi connectivity index (χ1v) is 17.3. The van der Waals surface area contributed by atoms with E-state index in [-0.39, 0.29) is 0 Å². The van der Waals surface area contributed by atoms with Gasteiger partial charge < -0.3 is 4.90 Å². The molecule has 37 heavy (non-hydrogen) atoms. The highest BCUT2D eigenvalue weighted by Gasteiger charge is 2.09. The third-order valence-electron chi connectivity index (χ3n) is 8.10. The summed E-state index contributed by atoms with van der Waals surface area (Å²) in [5, 5.41) is 0. The predicted octanol–water partition coefficient (Wildman–Crippen LogP) is 11.2. The van der Waals surface area contributed by atoms with Crippen molar-refractivity contribution < 1.29 is 0 Å². The maximum absolute atomic E-state index is 4.05. The van der Waals surface area contributed by atoms with Gasteiger partial charge in [0.2, 0.25) is 0 Å². The van der Waals surface area contributed by atoms with Crippen LogP contribution in [0.15, 0.2) is 12.7 Å². The zero-order valence-electron chi connectivity index (χ0n) is 26.4. The van der Waals surface area contributed by atoms with Crippen molar-refractivity contribution in [2.75, 3.05) is 39.3 Å². The van der Waals surface area contributed by atoms with E-state index < -0.39 is 0 Å². The van der Waals surface area contributed by atoms with E-state index in [9.17, 15) is 0 Å². The minimum atomic E-state index is 1.06. The van der Waals surface area contributed by atoms with Crippen LogP contribution in [-0.2, 0) is 0 Å². The largest absolute Gasteiger partial charge is 0.302 e. The number of unbranched alkanes of at least 4 members (excludes halogenated alkanes) is 21. The molecule has 0 aromatic rings. The van der Waals surface area contributed by atoms with Gasteiger partial charge in [0.25, 0.3) is 0 Å². The van der Waals surface area contributed by atoms with Gasteiger partial charge in [0, 0.05) is 19.6 Å². The van der Waals surface area contributed by atoms with Crippen LogP contribution in [0, 0.1) is 0 Å². The molecule has 0 saturated carbocycles. The summed E-state index contributed by atoms with van der Waals surface area (Å²) < 4.78 is 0. The number of hydrogen-bond acceptors (Lipinski definition) is 2. The lowest BCUT2D eigenvalue weighted by Crippen LogP contribution is -2.37. The monoisotopic (exact) mass is 521 g/mol. The SMILES string of the molecule is C=CCN(CCCCCCCCCCCC)CCN(CCCCCCCCC)CCCCCCCCC. The molecular formula is C35H72N2. The first kappa shape index (κ1) is 36.7. The topological polar surface area (TPSA) is 6.48 Å². The Labute approximate surface area is 236 Å². The molecule has 0 radical (unpaired) electrons. The Morgan fingerprint density at radius 2 is 0.622 bits per heavy atom. The van der Waals surface area contributed by atoms with Gasteiger partial charge in [0.15, 0.2) is 0 Å². The van der Waals surface area contributed by atoms with E-state index in [4.69, 9.17) is 0 Å². The Balaban J connectivity index is 4.20. The van der Waals surface area contributed by atoms with Crippen LogP contribution in [0.4, 0.5) is 0 Å². The van der Waals surface area contributed by atoms with E-state index in [1.54, 1.807) is 0 Å². The van der Waals surface area contributed by atoms with Gasteiger partial charge >= 0.3 is 0 Å². The Morgan fingerprint density at radius 3 is 0.946 bits per heavy atom. The molecule has 0 unspecified atom stereocenters. The van der Waals surface area contributed by atoms with Crippen molar-refractivity contribution in [3.05, 3.63) is 12.7 Å². The molecule has 0 aromatic carbocycles. The molecule has 222 valence electrons. The normalized spacial score (nSPS) is 11.7. The third kappa shape index (κ3) is 28.5. The van der Waals surface area contributed by atoms with Crippen LogP contribution >= 0.6 is 0 Å². The van der Waals surface area contributed by atoms with E-state index in [2.05, 4.69) is 43.2 Å². The average molecular weight is 521 g/mol. The molecule has 0 aliphatic rings. The lowest BCUT2D eigenvalue weighted by atomic mass is 10.1. The summed E-state index contributed by atoms with van der Waals surface area (Å²) in [6.45, 7) is 18.4. The van der Waals surface area contributed by atoms with Gasteiger partial charge in [-0.15, -0.1) is 6.58 Å². The fourth-order valence-electron chi connectivity index (χ4n) is 5.50. The Morgan fingerprint density at radius 1 is 0.351 bits per heavy atom. The van der Waals surface area contributed by atoms with Gasteiger partial charge in [-0.05, 0) is 38.9 Å². The fraction of sp³-hybridized carbons (Fsp3) is 0.943. The summed E-state index contributed by atoms with van der Waals surface area (Å²) in [6.07, 6.45) is 36.2. The van der Waals surface area contributed by atoms with Gasteiger partial charge in [-0.1, -0.05) is 162 Å². The number of rotatable bonds is 32. The first-order chi connectivity index (χ1) is 18.3. The van der Waals surface area contributed by atoms with Crippen LogP contribution in [0.1, 0.15) is 175 Å². The molecule has 0 saturated heterocycles. The highest BCUT2D eigenvalue weighted by Crippen LogP contribution is 2.12. The second-order valence-corrected chi connectivity index (χ2v) is 11.9. The van der Waals surface area contributed by atoms with Crippen molar-refractivity contribution in [3.8, 4) is 0 Å². The zero-order valence-corrected chi connectivity index (χ0v) is 26.4. The molecule has 0 spiro atoms. The minimum Gasteiger partial charge on any atom is -0.302 e. The van der Waals surface area contributed by atoms with Crippen LogP contribution in [0.3, 0.4) is 0 Å². The fourth-order valence-corrected chi connectivity index (χ4v) is 5.50. The summed E-state index contributed by atoms with van der Waals surface area (Å²) in [7, 11) is 0. The molecule has 0 N–H and O–H groups in total. The molecular weight excluding hydrogens is 448 g/mol. The van der Waals surface area contributed by atoms with Crippen molar-refractivity contribution >= 4 is 0 Å². The van der Waals surface area contributed by atoms with E-state index in [0.29, 0.717) is 0 Å². The number of hydrogen-bond donors (Lipinski definition) is 0. The van der Waals surface area contributed by atoms with Gasteiger partial charge in [-0.25, -0.2) is 0 Å². The lowest BCUT2D eigenvalue weighted by molar-refractivity contribution is 0.205. The third-order valence-corrected chi connectivity index (χ3v) is 8.10. The first-order valence-electron chi connectivity index (χ1n) is 17.3. The molecule has 2 nitrogen and oxygen atoms in total. The van der Waals surface area contributed by atoms with Crippen molar-refractivity contribution in [1.29, 1.82) is 0 Å². The quantitative estimate of drug-likeness (QED) is 0.0642. The van der Waals surface area contributed by atoms with Crippen LogP contribution in [0.25, 0.3) is 0 Å². The van der Waals surface area contributed by atoms with Gasteiger partial charge in [0.05, 0.1) is 0 Å². The second kappa shape index (κ2) is 31.9. The summed E-state index contributed by atoms with van der Waals surface area (Å²) >= 11 is 0. The Kier molecular flexibility index (Phi) is 31.6. The molecule has 0 aliphatic carbocycles. The van der Waals surface area contributed by atoms with Gasteiger partial charge in [-0.2, -0.15) is 0 Å². The molecule has 0 aliphatic heterocycles. The van der Waals surface area contributed by atoms with Crippen LogP contribution in [-0.4, -0.2) is 49.1 Å². The van der Waals surface area contributed by atoms with Gasteiger partial charge in [-0.3, -0.25) is 4.90 Å². The maximum atomic E-state index is 4.05. The standard InChI is InChI=1S/C35H72N2/c1-5-9-12-15-18-19-20-23-26-27-31-36(30-8-4)34-35-37(32-28-24-21-16-13-10-6-2)33-29-25-22-17-14-11-7-3/h8H,4-7,9-35H2,1-3H3. The molecule has 0 heterocycles. The number of nitrogens with zero attached hydrogens (tertiary/aromatic N) is 2. The van der Waals surface area contributed by atoms with E-state index in [1.807, 2.05) is 0 Å². The highest BCUT2D eigenvalue weighted by atomic mass is 15.2. The summed E-state index contributed by atoms with van der Waals surface area (Å²) in [6, 6.07) is 0. The summed E-state index contributed by atoms with van der Waals surface area (Å²) in [5.74, 6) is 0. The molecule has 2 heteroatoms. The van der Waals surface area contributed by atoms with E-state index in [0.717, 1.165) is 6.54 Å². The molecule has 0 amide bonds. The Bertz CT molecular complexity index is 403. The van der Waals surface area contributed by atoms with Crippen molar-refractivity contribution in [2.45, 2.75) is 175 Å². The van der Waals surface area contributed by atoms with Crippen LogP contribution in [0.2, 0.25) is 0 Å². The zero-order chi connectivity index (χ0) is 27.1. The minimum absolute atomic E-state index is 1.06. The maximum Gasteiger partial charge on any atom is 0.0161 e. The molecule has 0 aromatic heterocycles. The van der Waals surface area contributed by atoms with Crippen LogP contribution < -0.4 is 0 Å². The Hall–Kier alpha value is -0.340. The lowest BCUT2D eigenvalue weighted by Gasteiger charge is -2.27. The smallest absolute Gasteiger partial charge is 0.0161 e. The molecule has 0 fully saturated rings. The van der Waals surface area contributed by atoms with Crippen LogP contribution in [0.5, 0.6) is 0 Å². The van der Waals surface area contributed by atoms with Crippen molar-refractivity contribution in [3.63, 3.8) is 0 Å². The molecule has 0 atom stereocenters. The predicted molar refractivity (Wildman–Crippen MR) is 171 cm³/mol. The summed E-state index contributed by atoms with van der Waals surface area (Å²) in [5.41, 5.74) is 0. The molecule has 0 bridgehead atoms. The average Bonchev–Trinajstić information content (AvgIpc) is 2.91.